The summed E-state index contributed by atoms with van der Waals surface area (Å²) in [4.78, 5) is 22.3. The van der Waals surface area contributed by atoms with Crippen LogP contribution in [-0.2, 0) is 0 Å². The van der Waals surface area contributed by atoms with E-state index in [4.69, 9.17) is 15.7 Å². The number of nitrogens with one attached hydrogen (secondary N) is 2. The zero-order valence-corrected chi connectivity index (χ0v) is 24.2. The molecule has 9 heteroatoms. The highest BCUT2D eigenvalue weighted by atomic mass is 15.3. The van der Waals surface area contributed by atoms with Crippen LogP contribution in [0.3, 0.4) is 0 Å². The molecule has 212 valence electrons. The number of nitrogens with zero attached hydrogens (tertiary/aromatic N) is 6. The molecule has 0 atom stereocenters. The van der Waals surface area contributed by atoms with Gasteiger partial charge in [-0.05, 0) is 87.5 Å². The van der Waals surface area contributed by atoms with Gasteiger partial charge in [0, 0.05) is 55.7 Å². The third-order valence-electron chi connectivity index (χ3n) is 9.31. The molecule has 1 saturated carbocycles. The molecule has 0 radical (unpaired) electrons. The van der Waals surface area contributed by atoms with E-state index in [0.29, 0.717) is 17.9 Å². The SMILES string of the molecule is Cc1cc2nc(Nc3ccc(-c4cn([C@H]5CC[C@H](N6CCN(C)CC6)CC5)c5ncnc(N)c45)cc3)[nH]c2cc1C. The van der Waals surface area contributed by atoms with E-state index in [9.17, 15) is 0 Å². The first kappa shape index (κ1) is 26.0. The number of likely N-dealkylation sites (N-methyl/N-ethyl adjacent to an activating group) is 1. The number of piperazine rings is 1. The molecule has 1 saturated heterocycles. The number of nitrogen functional groups attached to an aromatic ring is 1. The van der Waals surface area contributed by atoms with E-state index >= 15 is 0 Å². The van der Waals surface area contributed by atoms with Crippen LogP contribution in [0.25, 0.3) is 33.2 Å². The van der Waals surface area contributed by atoms with Gasteiger partial charge in [-0.1, -0.05) is 12.1 Å². The van der Waals surface area contributed by atoms with E-state index in [2.05, 4.69) is 93.1 Å². The molecule has 0 spiro atoms. The minimum absolute atomic E-state index is 0.422. The van der Waals surface area contributed by atoms with Crippen LogP contribution in [0.5, 0.6) is 0 Å². The first-order valence-electron chi connectivity index (χ1n) is 14.8. The van der Waals surface area contributed by atoms with Crippen molar-refractivity contribution in [2.45, 2.75) is 51.6 Å². The molecule has 0 amide bonds. The molecule has 1 aliphatic heterocycles. The quantitative estimate of drug-likeness (QED) is 0.260. The topological polar surface area (TPSA) is 104 Å². The highest BCUT2D eigenvalue weighted by molar-refractivity contribution is 6.00. The van der Waals surface area contributed by atoms with Gasteiger partial charge in [-0.25, -0.2) is 15.0 Å². The predicted molar refractivity (Wildman–Crippen MR) is 167 cm³/mol. The summed E-state index contributed by atoms with van der Waals surface area (Å²) in [5, 5.41) is 4.36. The van der Waals surface area contributed by atoms with Gasteiger partial charge in [0.2, 0.25) is 5.95 Å². The minimum atomic E-state index is 0.422. The maximum absolute atomic E-state index is 6.46. The minimum Gasteiger partial charge on any atom is -0.383 e. The summed E-state index contributed by atoms with van der Waals surface area (Å²) in [6.07, 6.45) is 8.61. The Hall–Kier alpha value is -3.95. The van der Waals surface area contributed by atoms with Crippen molar-refractivity contribution in [3.8, 4) is 11.1 Å². The van der Waals surface area contributed by atoms with E-state index in [1.54, 1.807) is 6.33 Å². The molecule has 4 heterocycles. The van der Waals surface area contributed by atoms with E-state index in [0.717, 1.165) is 57.7 Å². The van der Waals surface area contributed by atoms with E-state index in [-0.39, 0.29) is 0 Å². The van der Waals surface area contributed by atoms with Crippen molar-refractivity contribution in [3.05, 3.63) is 60.0 Å². The van der Waals surface area contributed by atoms with Gasteiger partial charge in [-0.15, -0.1) is 0 Å². The zero-order chi connectivity index (χ0) is 28.1. The van der Waals surface area contributed by atoms with Crippen molar-refractivity contribution in [2.75, 3.05) is 44.3 Å². The third-order valence-corrected chi connectivity index (χ3v) is 9.31. The van der Waals surface area contributed by atoms with Crippen molar-refractivity contribution in [2.24, 2.45) is 0 Å². The van der Waals surface area contributed by atoms with Crippen LogP contribution in [0.15, 0.2) is 48.9 Å². The smallest absolute Gasteiger partial charge is 0.205 e. The average Bonchev–Trinajstić information content (AvgIpc) is 3.56. The molecular weight excluding hydrogens is 510 g/mol. The predicted octanol–water partition coefficient (Wildman–Crippen LogP) is 5.65. The number of aromatic amines is 1. The van der Waals surface area contributed by atoms with Crippen LogP contribution in [0.4, 0.5) is 17.5 Å². The number of anilines is 3. The molecule has 9 nitrogen and oxygen atoms in total. The van der Waals surface area contributed by atoms with Crippen LogP contribution in [0, 0.1) is 13.8 Å². The second-order valence-electron chi connectivity index (χ2n) is 12.0. The molecule has 0 bridgehead atoms. The van der Waals surface area contributed by atoms with Gasteiger partial charge in [0.1, 0.15) is 17.8 Å². The molecule has 2 aliphatic rings. The molecule has 0 unspecified atom stereocenters. The lowest BCUT2D eigenvalue weighted by molar-refractivity contribution is 0.0828. The summed E-state index contributed by atoms with van der Waals surface area (Å²) in [5.74, 6) is 1.27. The Morgan fingerprint density at radius 1 is 0.902 bits per heavy atom. The summed E-state index contributed by atoms with van der Waals surface area (Å²) >= 11 is 0. The van der Waals surface area contributed by atoms with Gasteiger partial charge < -0.3 is 25.5 Å². The monoisotopic (exact) mass is 549 g/mol. The number of aryl methyl sites for hydroxylation is 2. The molecule has 1 aliphatic carbocycles. The Kier molecular flexibility index (Phi) is 6.63. The molecule has 4 N–H and O–H groups in total. The highest BCUT2D eigenvalue weighted by Gasteiger charge is 2.30. The zero-order valence-electron chi connectivity index (χ0n) is 24.2. The van der Waals surface area contributed by atoms with Crippen LogP contribution in [0.2, 0.25) is 0 Å². The summed E-state index contributed by atoms with van der Waals surface area (Å²) in [7, 11) is 2.22. The Bertz CT molecular complexity index is 1650. The number of H-pyrrole nitrogens is 1. The summed E-state index contributed by atoms with van der Waals surface area (Å²) in [6, 6.07) is 13.8. The van der Waals surface area contributed by atoms with Crippen molar-refractivity contribution in [3.63, 3.8) is 0 Å². The van der Waals surface area contributed by atoms with Crippen LogP contribution >= 0.6 is 0 Å². The summed E-state index contributed by atoms with van der Waals surface area (Å²) in [5.41, 5.74) is 15.0. The van der Waals surface area contributed by atoms with Crippen LogP contribution in [-0.4, -0.2) is 73.6 Å². The number of fused-ring (bicyclic) bond motifs is 2. The molecule has 3 aromatic heterocycles. The Labute approximate surface area is 240 Å². The lowest BCUT2D eigenvalue weighted by Crippen LogP contribution is -2.49. The fourth-order valence-corrected chi connectivity index (χ4v) is 6.69. The number of rotatable bonds is 5. The van der Waals surface area contributed by atoms with Crippen LogP contribution in [0.1, 0.15) is 42.9 Å². The second kappa shape index (κ2) is 10.5. The molecular formula is C32H39N9. The maximum Gasteiger partial charge on any atom is 0.205 e. The Morgan fingerprint density at radius 3 is 2.37 bits per heavy atom. The summed E-state index contributed by atoms with van der Waals surface area (Å²) < 4.78 is 2.37. The molecule has 2 aromatic carbocycles. The van der Waals surface area contributed by atoms with Crippen molar-refractivity contribution >= 4 is 39.5 Å². The van der Waals surface area contributed by atoms with E-state index < -0.39 is 0 Å². The molecule has 2 fully saturated rings. The van der Waals surface area contributed by atoms with E-state index in [1.165, 1.54) is 50.1 Å². The number of aromatic nitrogens is 5. The van der Waals surface area contributed by atoms with Gasteiger partial charge in [0.25, 0.3) is 0 Å². The fraction of sp³-hybridized carbons (Fsp3) is 0.406. The van der Waals surface area contributed by atoms with Gasteiger partial charge in [-0.3, -0.25) is 4.90 Å². The second-order valence-corrected chi connectivity index (χ2v) is 12.0. The molecule has 5 aromatic rings. The largest absolute Gasteiger partial charge is 0.383 e. The highest BCUT2D eigenvalue weighted by Crippen LogP contribution is 2.39. The number of hydrogen-bond acceptors (Lipinski definition) is 7. The number of imidazole rings is 1. The van der Waals surface area contributed by atoms with Crippen molar-refractivity contribution < 1.29 is 0 Å². The van der Waals surface area contributed by atoms with Gasteiger partial charge in [0.05, 0.1) is 16.4 Å². The first-order valence-corrected chi connectivity index (χ1v) is 14.8. The average molecular weight is 550 g/mol. The molecule has 7 rings (SSSR count). The lowest BCUT2D eigenvalue weighted by Gasteiger charge is -2.41. The van der Waals surface area contributed by atoms with Crippen molar-refractivity contribution in [1.29, 1.82) is 0 Å². The first-order chi connectivity index (χ1) is 19.9. The molecule has 41 heavy (non-hydrogen) atoms. The van der Waals surface area contributed by atoms with E-state index in [1.807, 2.05) is 0 Å². The standard InChI is InChI=1S/C32H39N9/c1-20-16-27-28(17-21(20)2)38-32(37-27)36-23-6-4-22(5-7-23)26-18-41(31-29(26)30(33)34-19-35-31)25-10-8-24(9-11-25)40-14-12-39(3)13-15-40/h4-7,16-19,24-25H,8-15H2,1-3H3,(H2,33,34,35)(H2,36,37,38)/t24-,25-. The lowest BCUT2D eigenvalue weighted by atomic mass is 9.89. The van der Waals surface area contributed by atoms with Gasteiger partial charge >= 0.3 is 0 Å². The normalized spacial score (nSPS) is 20.7. The fourth-order valence-electron chi connectivity index (χ4n) is 6.69. The number of hydrogen-bond donors (Lipinski definition) is 3. The number of nitrogens with two attached hydrogens (primary N) is 1. The van der Waals surface area contributed by atoms with Gasteiger partial charge in [-0.2, -0.15) is 0 Å². The Morgan fingerprint density at radius 2 is 1.61 bits per heavy atom. The summed E-state index contributed by atoms with van der Waals surface area (Å²) in [6.45, 7) is 8.96. The maximum atomic E-state index is 6.46. The van der Waals surface area contributed by atoms with Crippen molar-refractivity contribution in [1.82, 2.24) is 34.3 Å². The number of benzene rings is 2. The third kappa shape index (κ3) is 4.93. The van der Waals surface area contributed by atoms with Crippen LogP contribution < -0.4 is 11.1 Å². The Balaban J connectivity index is 1.12. The van der Waals surface area contributed by atoms with Gasteiger partial charge in [0.15, 0.2) is 0 Å².